The zero-order valence-electron chi connectivity index (χ0n) is 15.0. The molecule has 0 saturated heterocycles. The van der Waals surface area contributed by atoms with Gasteiger partial charge in [-0.25, -0.2) is 4.99 Å². The SMILES string of the molecule is CCNC(=NCC(=O)NCCOC)NC(C)c1cc2ccccc2o1. The second-order valence-corrected chi connectivity index (χ2v) is 5.59. The minimum Gasteiger partial charge on any atom is -0.459 e. The molecule has 7 nitrogen and oxygen atoms in total. The number of furan rings is 1. The normalized spacial score (nSPS) is 12.8. The summed E-state index contributed by atoms with van der Waals surface area (Å²) in [5.41, 5.74) is 0.852. The van der Waals surface area contributed by atoms with Crippen molar-refractivity contribution in [2.24, 2.45) is 4.99 Å². The van der Waals surface area contributed by atoms with E-state index in [-0.39, 0.29) is 18.5 Å². The summed E-state index contributed by atoms with van der Waals surface area (Å²) < 4.78 is 10.8. The fraction of sp³-hybridized carbons (Fsp3) is 0.444. The molecule has 3 N–H and O–H groups in total. The number of methoxy groups -OCH3 is 1. The summed E-state index contributed by atoms with van der Waals surface area (Å²) in [5.74, 6) is 1.24. The molecule has 1 heterocycles. The van der Waals surface area contributed by atoms with Gasteiger partial charge in [-0.1, -0.05) is 18.2 Å². The van der Waals surface area contributed by atoms with E-state index in [1.165, 1.54) is 0 Å². The van der Waals surface area contributed by atoms with Gasteiger partial charge in [-0.2, -0.15) is 0 Å². The molecule has 7 heteroatoms. The molecule has 0 aliphatic rings. The van der Waals surface area contributed by atoms with Crippen molar-refractivity contribution in [2.45, 2.75) is 19.9 Å². The zero-order valence-corrected chi connectivity index (χ0v) is 15.0. The summed E-state index contributed by atoms with van der Waals surface area (Å²) in [6.07, 6.45) is 0. The Labute approximate surface area is 147 Å². The van der Waals surface area contributed by atoms with Crippen molar-refractivity contribution in [3.05, 3.63) is 36.1 Å². The van der Waals surface area contributed by atoms with Crippen LogP contribution in [0.5, 0.6) is 0 Å². The first-order chi connectivity index (χ1) is 12.1. The van der Waals surface area contributed by atoms with Crippen molar-refractivity contribution < 1.29 is 13.9 Å². The van der Waals surface area contributed by atoms with Crippen molar-refractivity contribution in [3.8, 4) is 0 Å². The van der Waals surface area contributed by atoms with E-state index in [4.69, 9.17) is 9.15 Å². The van der Waals surface area contributed by atoms with E-state index in [1.54, 1.807) is 7.11 Å². The number of benzene rings is 1. The van der Waals surface area contributed by atoms with Crippen LogP contribution in [0.3, 0.4) is 0 Å². The molecule has 1 unspecified atom stereocenters. The van der Waals surface area contributed by atoms with Gasteiger partial charge >= 0.3 is 0 Å². The minimum absolute atomic E-state index is 0.0475. The second kappa shape index (κ2) is 9.68. The van der Waals surface area contributed by atoms with E-state index in [0.29, 0.717) is 25.7 Å². The van der Waals surface area contributed by atoms with Crippen LogP contribution in [0.15, 0.2) is 39.7 Å². The second-order valence-electron chi connectivity index (χ2n) is 5.59. The van der Waals surface area contributed by atoms with Gasteiger partial charge in [0.1, 0.15) is 17.9 Å². The van der Waals surface area contributed by atoms with Crippen LogP contribution >= 0.6 is 0 Å². The van der Waals surface area contributed by atoms with Crippen molar-refractivity contribution in [1.29, 1.82) is 0 Å². The van der Waals surface area contributed by atoms with Crippen molar-refractivity contribution >= 4 is 22.8 Å². The van der Waals surface area contributed by atoms with Crippen LogP contribution in [-0.2, 0) is 9.53 Å². The molecule has 25 heavy (non-hydrogen) atoms. The van der Waals surface area contributed by atoms with Gasteiger partial charge in [0.25, 0.3) is 0 Å². The van der Waals surface area contributed by atoms with E-state index in [1.807, 2.05) is 44.2 Å². The maximum atomic E-state index is 11.8. The highest BCUT2D eigenvalue weighted by molar-refractivity contribution is 5.85. The molecular weight excluding hydrogens is 320 g/mol. The van der Waals surface area contributed by atoms with Crippen molar-refractivity contribution in [3.63, 3.8) is 0 Å². The molecule has 0 fully saturated rings. The van der Waals surface area contributed by atoms with E-state index < -0.39 is 0 Å². The van der Waals surface area contributed by atoms with Gasteiger partial charge in [-0.05, 0) is 26.0 Å². The molecule has 0 aliphatic carbocycles. The Morgan fingerprint density at radius 2 is 2.12 bits per heavy atom. The van der Waals surface area contributed by atoms with Crippen LogP contribution in [0.2, 0.25) is 0 Å². The van der Waals surface area contributed by atoms with Crippen LogP contribution in [0.1, 0.15) is 25.6 Å². The summed E-state index contributed by atoms with van der Waals surface area (Å²) in [6.45, 7) is 5.67. The Morgan fingerprint density at radius 1 is 1.32 bits per heavy atom. The molecule has 1 aromatic carbocycles. The summed E-state index contributed by atoms with van der Waals surface area (Å²) in [6, 6.07) is 9.80. The number of para-hydroxylation sites is 1. The number of amides is 1. The number of hydrogen-bond acceptors (Lipinski definition) is 4. The molecule has 1 amide bonds. The Hall–Kier alpha value is -2.54. The third-order valence-corrected chi connectivity index (χ3v) is 3.58. The minimum atomic E-state index is -0.148. The van der Waals surface area contributed by atoms with E-state index >= 15 is 0 Å². The van der Waals surface area contributed by atoms with Gasteiger partial charge in [-0.15, -0.1) is 0 Å². The van der Waals surface area contributed by atoms with E-state index in [2.05, 4.69) is 20.9 Å². The summed E-state index contributed by atoms with van der Waals surface area (Å²) in [7, 11) is 1.59. The largest absolute Gasteiger partial charge is 0.459 e. The van der Waals surface area contributed by atoms with Crippen LogP contribution in [0, 0.1) is 0 Å². The van der Waals surface area contributed by atoms with Gasteiger partial charge in [-0.3, -0.25) is 4.79 Å². The third kappa shape index (κ3) is 5.79. The Kier molecular flexibility index (Phi) is 7.28. The fourth-order valence-corrected chi connectivity index (χ4v) is 2.31. The van der Waals surface area contributed by atoms with Gasteiger partial charge in [0.15, 0.2) is 5.96 Å². The molecule has 1 atom stereocenters. The van der Waals surface area contributed by atoms with Crippen molar-refractivity contribution in [1.82, 2.24) is 16.0 Å². The van der Waals surface area contributed by atoms with Gasteiger partial charge < -0.3 is 25.1 Å². The molecule has 0 bridgehead atoms. The number of fused-ring (bicyclic) bond motifs is 1. The molecule has 0 saturated carbocycles. The average Bonchev–Trinajstić information content (AvgIpc) is 3.04. The molecule has 136 valence electrons. The van der Waals surface area contributed by atoms with Gasteiger partial charge in [0.2, 0.25) is 5.91 Å². The van der Waals surface area contributed by atoms with E-state index in [9.17, 15) is 4.79 Å². The maximum Gasteiger partial charge on any atom is 0.241 e. The van der Waals surface area contributed by atoms with E-state index in [0.717, 1.165) is 16.7 Å². The number of ether oxygens (including phenoxy) is 1. The van der Waals surface area contributed by atoms with Crippen LogP contribution < -0.4 is 16.0 Å². The highest BCUT2D eigenvalue weighted by atomic mass is 16.5. The standard InChI is InChI=1S/C18H26N4O3/c1-4-19-18(21-12-17(23)20-9-10-24-3)22-13(2)16-11-14-7-5-6-8-15(14)25-16/h5-8,11,13H,4,9-10,12H2,1-3H3,(H,20,23)(H2,19,21,22). The number of carbonyl (C=O) groups excluding carboxylic acids is 1. The summed E-state index contributed by atoms with van der Waals surface area (Å²) >= 11 is 0. The topological polar surface area (TPSA) is 87.9 Å². The first-order valence-electron chi connectivity index (χ1n) is 8.43. The van der Waals surface area contributed by atoms with Gasteiger partial charge in [0, 0.05) is 25.6 Å². The smallest absolute Gasteiger partial charge is 0.241 e. The Morgan fingerprint density at radius 3 is 2.84 bits per heavy atom. The summed E-state index contributed by atoms with van der Waals surface area (Å²) in [5, 5.41) is 10.2. The summed E-state index contributed by atoms with van der Waals surface area (Å²) in [4.78, 5) is 16.1. The number of nitrogens with one attached hydrogen (secondary N) is 3. The average molecular weight is 346 g/mol. The number of nitrogens with zero attached hydrogens (tertiary/aromatic N) is 1. The highest BCUT2D eigenvalue weighted by Gasteiger charge is 2.13. The number of rotatable bonds is 8. The lowest BCUT2D eigenvalue weighted by atomic mass is 10.2. The first kappa shape index (κ1) is 18.8. The molecule has 0 spiro atoms. The van der Waals surface area contributed by atoms with Gasteiger partial charge in [0.05, 0.1) is 12.6 Å². The lowest BCUT2D eigenvalue weighted by Gasteiger charge is -2.16. The number of aliphatic imine (C=N–C) groups is 1. The molecule has 2 rings (SSSR count). The lowest BCUT2D eigenvalue weighted by Crippen LogP contribution is -2.39. The van der Waals surface area contributed by atoms with Crippen LogP contribution in [0.4, 0.5) is 0 Å². The first-order valence-corrected chi connectivity index (χ1v) is 8.43. The Bertz CT molecular complexity index is 678. The highest BCUT2D eigenvalue weighted by Crippen LogP contribution is 2.23. The predicted octanol–water partition coefficient (Wildman–Crippen LogP) is 1.81. The monoisotopic (exact) mass is 346 g/mol. The van der Waals surface area contributed by atoms with Crippen molar-refractivity contribution in [2.75, 3.05) is 33.4 Å². The fourth-order valence-electron chi connectivity index (χ4n) is 2.31. The molecular formula is C18H26N4O3. The van der Waals surface area contributed by atoms with Crippen LogP contribution in [-0.4, -0.2) is 45.2 Å². The lowest BCUT2D eigenvalue weighted by molar-refractivity contribution is -0.119. The number of guanidine groups is 1. The van der Waals surface area contributed by atoms with Crippen LogP contribution in [0.25, 0.3) is 11.0 Å². The maximum absolute atomic E-state index is 11.8. The molecule has 0 radical (unpaired) electrons. The molecule has 1 aromatic heterocycles. The predicted molar refractivity (Wildman–Crippen MR) is 98.6 cm³/mol. The number of hydrogen-bond donors (Lipinski definition) is 3. The molecule has 2 aromatic rings. The molecule has 0 aliphatic heterocycles. The third-order valence-electron chi connectivity index (χ3n) is 3.58. The quantitative estimate of drug-likeness (QED) is 0.385. The Balaban J connectivity index is 1.97. The number of carbonyl (C=O) groups is 1. The zero-order chi connectivity index (χ0) is 18.1.